The zero-order valence-corrected chi connectivity index (χ0v) is 11.3. The van der Waals surface area contributed by atoms with Crippen LogP contribution < -0.4 is 4.74 Å². The quantitative estimate of drug-likeness (QED) is 0.337. The number of hydrogen-bond donors (Lipinski definition) is 0. The van der Waals surface area contributed by atoms with Gasteiger partial charge in [0.2, 0.25) is 0 Å². The maximum Gasteiger partial charge on any atom is 0.273 e. The summed E-state index contributed by atoms with van der Waals surface area (Å²) in [5, 5.41) is 10.8. The van der Waals surface area contributed by atoms with E-state index in [9.17, 15) is 14.9 Å². The molecule has 0 amide bonds. The second kappa shape index (κ2) is 6.67. The normalized spacial score (nSPS) is 10.3. The van der Waals surface area contributed by atoms with Crippen molar-refractivity contribution in [2.24, 2.45) is 0 Å². The van der Waals surface area contributed by atoms with Gasteiger partial charge in [-0.2, -0.15) is 0 Å². The predicted molar refractivity (Wildman–Crippen MR) is 73.6 cm³/mol. The highest BCUT2D eigenvalue weighted by Gasteiger charge is 2.16. The number of ether oxygens (including phenoxy) is 2. The average Bonchev–Trinajstić information content (AvgIpc) is 2.96. The van der Waals surface area contributed by atoms with Gasteiger partial charge in [0.05, 0.1) is 23.2 Å². The molecule has 0 atom stereocenters. The van der Waals surface area contributed by atoms with Crippen molar-refractivity contribution in [3.63, 3.8) is 0 Å². The Morgan fingerprint density at radius 1 is 1.29 bits per heavy atom. The van der Waals surface area contributed by atoms with Crippen LogP contribution in [0, 0.1) is 10.1 Å². The average molecular weight is 291 g/mol. The minimum Gasteiger partial charge on any atom is -0.490 e. The third-order valence-corrected chi connectivity index (χ3v) is 2.73. The number of non-ortho nitro benzene ring substituents is 1. The number of rotatable bonds is 7. The number of hydrogen-bond acceptors (Lipinski definition) is 6. The second-order valence-electron chi connectivity index (χ2n) is 4.10. The molecule has 0 radical (unpaired) electrons. The van der Waals surface area contributed by atoms with Gasteiger partial charge in [-0.1, -0.05) is 0 Å². The van der Waals surface area contributed by atoms with Crippen LogP contribution in [0.2, 0.25) is 0 Å². The molecule has 0 fully saturated rings. The summed E-state index contributed by atoms with van der Waals surface area (Å²) in [5.41, 5.74) is 0.443. The molecule has 21 heavy (non-hydrogen) atoms. The van der Waals surface area contributed by atoms with Crippen LogP contribution in [-0.4, -0.2) is 31.5 Å². The fraction of sp³-hybridized carbons (Fsp3) is 0.214. The smallest absolute Gasteiger partial charge is 0.273 e. The lowest BCUT2D eigenvalue weighted by Gasteiger charge is -2.09. The number of nitro groups is 1. The van der Waals surface area contributed by atoms with E-state index in [4.69, 9.17) is 13.9 Å². The molecule has 0 N–H and O–H groups in total. The van der Waals surface area contributed by atoms with Crippen molar-refractivity contribution in [3.05, 3.63) is 46.2 Å². The summed E-state index contributed by atoms with van der Waals surface area (Å²) in [6, 6.07) is 7.31. The van der Waals surface area contributed by atoms with Crippen molar-refractivity contribution >= 4 is 12.0 Å². The molecule has 1 aromatic heterocycles. The first-order valence-electron chi connectivity index (χ1n) is 6.11. The molecule has 2 rings (SSSR count). The zero-order chi connectivity index (χ0) is 15.2. The molecule has 1 aromatic carbocycles. The van der Waals surface area contributed by atoms with Gasteiger partial charge in [0.15, 0.2) is 12.0 Å². The van der Waals surface area contributed by atoms with E-state index in [1.165, 1.54) is 31.4 Å². The molecule has 0 saturated heterocycles. The molecule has 0 aliphatic rings. The first kappa shape index (κ1) is 14.7. The summed E-state index contributed by atoms with van der Waals surface area (Å²) in [7, 11) is 1.53. The third kappa shape index (κ3) is 3.46. The summed E-state index contributed by atoms with van der Waals surface area (Å²) in [6.45, 7) is 0.589. The van der Waals surface area contributed by atoms with E-state index in [1.54, 1.807) is 6.07 Å². The van der Waals surface area contributed by atoms with Crippen molar-refractivity contribution < 1.29 is 23.6 Å². The minimum atomic E-state index is -0.508. The number of benzene rings is 1. The van der Waals surface area contributed by atoms with Gasteiger partial charge in [-0.15, -0.1) is 0 Å². The van der Waals surface area contributed by atoms with E-state index >= 15 is 0 Å². The largest absolute Gasteiger partial charge is 0.490 e. The summed E-state index contributed by atoms with van der Waals surface area (Å²) >= 11 is 0. The highest BCUT2D eigenvalue weighted by Crippen LogP contribution is 2.34. The van der Waals surface area contributed by atoms with E-state index in [0.717, 1.165) is 0 Å². The Hall–Kier alpha value is -2.67. The van der Waals surface area contributed by atoms with Crippen LogP contribution >= 0.6 is 0 Å². The maximum atomic E-state index is 10.8. The van der Waals surface area contributed by atoms with Crippen LogP contribution in [0.25, 0.3) is 11.3 Å². The molecular weight excluding hydrogens is 278 g/mol. The number of nitrogens with zero attached hydrogens (tertiary/aromatic N) is 1. The van der Waals surface area contributed by atoms with Gasteiger partial charge < -0.3 is 13.9 Å². The molecule has 2 aromatic rings. The van der Waals surface area contributed by atoms with E-state index in [0.29, 0.717) is 30.0 Å². The van der Waals surface area contributed by atoms with Crippen molar-refractivity contribution in [3.8, 4) is 17.1 Å². The Morgan fingerprint density at radius 3 is 2.71 bits per heavy atom. The third-order valence-electron chi connectivity index (χ3n) is 2.73. The van der Waals surface area contributed by atoms with Gasteiger partial charge in [-0.25, -0.2) is 0 Å². The number of carbonyl (C=O) groups is 1. The molecule has 0 spiro atoms. The van der Waals surface area contributed by atoms with Gasteiger partial charge in [0, 0.05) is 13.2 Å². The Bertz CT molecular complexity index is 649. The standard InChI is InChI=1S/C14H13NO6/c1-19-6-7-20-14-8-10(15(17)18)2-4-12(14)13-5-3-11(9-16)21-13/h2-5,8-9H,6-7H2,1H3. The summed E-state index contributed by atoms with van der Waals surface area (Å²) < 4.78 is 15.7. The molecule has 0 aliphatic heterocycles. The number of nitro benzene ring substituents is 1. The molecule has 0 saturated carbocycles. The number of aldehydes is 1. The lowest BCUT2D eigenvalue weighted by molar-refractivity contribution is -0.384. The highest BCUT2D eigenvalue weighted by atomic mass is 16.6. The number of methoxy groups -OCH3 is 1. The Morgan fingerprint density at radius 2 is 2.10 bits per heavy atom. The maximum absolute atomic E-state index is 10.8. The van der Waals surface area contributed by atoms with Gasteiger partial charge in [-0.3, -0.25) is 14.9 Å². The van der Waals surface area contributed by atoms with Gasteiger partial charge in [0.1, 0.15) is 18.1 Å². The van der Waals surface area contributed by atoms with E-state index in [1.807, 2.05) is 0 Å². The zero-order valence-electron chi connectivity index (χ0n) is 11.3. The van der Waals surface area contributed by atoms with Crippen LogP contribution in [0.3, 0.4) is 0 Å². The SMILES string of the molecule is COCCOc1cc([N+](=O)[O-])ccc1-c1ccc(C=O)o1. The second-order valence-corrected chi connectivity index (χ2v) is 4.10. The van der Waals surface area contributed by atoms with Gasteiger partial charge in [-0.05, 0) is 18.2 Å². The van der Waals surface area contributed by atoms with Crippen molar-refractivity contribution in [1.29, 1.82) is 0 Å². The fourth-order valence-corrected chi connectivity index (χ4v) is 1.74. The summed E-state index contributed by atoms with van der Waals surface area (Å²) in [4.78, 5) is 21.0. The molecule has 0 bridgehead atoms. The molecule has 7 nitrogen and oxygen atoms in total. The van der Waals surface area contributed by atoms with Crippen molar-refractivity contribution in [1.82, 2.24) is 0 Å². The molecular formula is C14H13NO6. The molecule has 0 unspecified atom stereocenters. The lowest BCUT2D eigenvalue weighted by Crippen LogP contribution is -2.05. The first-order chi connectivity index (χ1) is 10.2. The fourth-order valence-electron chi connectivity index (χ4n) is 1.74. The van der Waals surface area contributed by atoms with Gasteiger partial charge in [0.25, 0.3) is 5.69 Å². The highest BCUT2D eigenvalue weighted by molar-refractivity contribution is 5.74. The number of furan rings is 1. The summed E-state index contributed by atoms with van der Waals surface area (Å²) in [5.74, 6) is 0.874. The Kier molecular flexibility index (Phi) is 4.68. The minimum absolute atomic E-state index is 0.0895. The molecule has 1 heterocycles. The van der Waals surface area contributed by atoms with Crippen LogP contribution in [-0.2, 0) is 4.74 Å². The lowest BCUT2D eigenvalue weighted by atomic mass is 10.1. The van der Waals surface area contributed by atoms with Crippen molar-refractivity contribution in [2.45, 2.75) is 0 Å². The van der Waals surface area contributed by atoms with E-state index < -0.39 is 4.92 Å². The van der Waals surface area contributed by atoms with E-state index in [-0.39, 0.29) is 18.1 Å². The Balaban J connectivity index is 2.37. The monoisotopic (exact) mass is 291 g/mol. The van der Waals surface area contributed by atoms with Gasteiger partial charge >= 0.3 is 0 Å². The molecule has 0 aliphatic carbocycles. The molecule has 7 heteroatoms. The topological polar surface area (TPSA) is 91.8 Å². The number of carbonyl (C=O) groups excluding carboxylic acids is 1. The molecule has 110 valence electrons. The van der Waals surface area contributed by atoms with E-state index in [2.05, 4.69) is 0 Å². The predicted octanol–water partition coefficient (Wildman–Crippen LogP) is 2.69. The summed E-state index contributed by atoms with van der Waals surface area (Å²) in [6.07, 6.45) is 0.584. The first-order valence-corrected chi connectivity index (χ1v) is 6.11. The van der Waals surface area contributed by atoms with Crippen LogP contribution in [0.5, 0.6) is 5.75 Å². The van der Waals surface area contributed by atoms with Crippen molar-refractivity contribution in [2.75, 3.05) is 20.3 Å². The van der Waals surface area contributed by atoms with Crippen LogP contribution in [0.4, 0.5) is 5.69 Å². The van der Waals surface area contributed by atoms with Crippen LogP contribution in [0.1, 0.15) is 10.6 Å². The Labute approximate surface area is 120 Å². The van der Waals surface area contributed by atoms with Crippen LogP contribution in [0.15, 0.2) is 34.7 Å².